The van der Waals surface area contributed by atoms with Crippen LogP contribution in [0.4, 0.5) is 4.39 Å². The Kier molecular flexibility index (Phi) is 3.38. The zero-order chi connectivity index (χ0) is 16.5. The van der Waals surface area contributed by atoms with Crippen LogP contribution < -0.4 is 5.56 Å². The summed E-state index contributed by atoms with van der Waals surface area (Å²) in [5.74, 6) is -0.363. The van der Waals surface area contributed by atoms with E-state index in [0.29, 0.717) is 11.2 Å². The number of benzene rings is 2. The summed E-state index contributed by atoms with van der Waals surface area (Å²) in [5.41, 5.74) is 1.34. The van der Waals surface area contributed by atoms with Gasteiger partial charge < -0.3 is 0 Å². The van der Waals surface area contributed by atoms with Crippen molar-refractivity contribution in [1.82, 2.24) is 24.5 Å². The van der Waals surface area contributed by atoms with Crippen molar-refractivity contribution in [3.8, 4) is 5.69 Å². The van der Waals surface area contributed by atoms with Crippen LogP contribution in [0.1, 0.15) is 5.56 Å². The third-order valence-electron chi connectivity index (χ3n) is 3.73. The van der Waals surface area contributed by atoms with Gasteiger partial charge in [-0.1, -0.05) is 41.6 Å². The van der Waals surface area contributed by atoms with Gasteiger partial charge in [0.1, 0.15) is 12.1 Å². The first-order valence-electron chi connectivity index (χ1n) is 7.34. The Morgan fingerprint density at radius 1 is 1.00 bits per heavy atom. The summed E-state index contributed by atoms with van der Waals surface area (Å²) < 4.78 is 16.6. The number of aromatic nitrogens is 5. The molecule has 0 spiro atoms. The number of rotatable bonds is 3. The number of para-hydroxylation sites is 1. The minimum absolute atomic E-state index is 0.0899. The maximum atomic E-state index is 13.8. The molecule has 0 fully saturated rings. The molecule has 7 heteroatoms. The van der Waals surface area contributed by atoms with Crippen LogP contribution in [0.25, 0.3) is 16.9 Å². The number of nitrogens with zero attached hydrogens (tertiary/aromatic N) is 5. The molecule has 4 aromatic rings. The lowest BCUT2D eigenvalue weighted by atomic mass is 10.2. The second-order valence-electron chi connectivity index (χ2n) is 5.28. The van der Waals surface area contributed by atoms with Gasteiger partial charge in [-0.25, -0.2) is 9.37 Å². The number of hydrogen-bond donors (Lipinski definition) is 0. The summed E-state index contributed by atoms with van der Waals surface area (Å²) in [4.78, 5) is 16.9. The molecule has 0 aliphatic carbocycles. The third-order valence-corrected chi connectivity index (χ3v) is 3.73. The van der Waals surface area contributed by atoms with Gasteiger partial charge in [0.15, 0.2) is 11.2 Å². The molecule has 0 bridgehead atoms. The smallest absolute Gasteiger partial charge is 0.283 e. The predicted molar refractivity (Wildman–Crippen MR) is 86.4 cm³/mol. The maximum absolute atomic E-state index is 13.8. The van der Waals surface area contributed by atoms with Crippen LogP contribution in [-0.2, 0) is 6.54 Å². The van der Waals surface area contributed by atoms with Gasteiger partial charge in [0.25, 0.3) is 5.56 Å². The Labute approximate surface area is 135 Å². The normalized spacial score (nSPS) is 11.0. The molecule has 0 saturated carbocycles. The Hall–Kier alpha value is -3.35. The van der Waals surface area contributed by atoms with Gasteiger partial charge in [-0.3, -0.25) is 9.36 Å². The molecule has 0 aliphatic rings. The number of fused-ring (bicyclic) bond motifs is 1. The van der Waals surface area contributed by atoms with E-state index < -0.39 is 0 Å². The highest BCUT2D eigenvalue weighted by Crippen LogP contribution is 2.12. The van der Waals surface area contributed by atoms with Crippen molar-refractivity contribution in [1.29, 1.82) is 0 Å². The van der Waals surface area contributed by atoms with E-state index in [1.165, 1.54) is 21.6 Å². The average Bonchev–Trinajstić information content (AvgIpc) is 3.05. The van der Waals surface area contributed by atoms with Crippen LogP contribution in [-0.4, -0.2) is 24.5 Å². The monoisotopic (exact) mass is 321 g/mol. The lowest BCUT2D eigenvalue weighted by Gasteiger charge is -2.06. The Morgan fingerprint density at radius 2 is 1.75 bits per heavy atom. The lowest BCUT2D eigenvalue weighted by molar-refractivity contribution is 0.595. The van der Waals surface area contributed by atoms with Crippen molar-refractivity contribution in [2.24, 2.45) is 0 Å². The van der Waals surface area contributed by atoms with Crippen molar-refractivity contribution in [3.05, 3.63) is 82.7 Å². The first-order chi connectivity index (χ1) is 11.7. The second-order valence-corrected chi connectivity index (χ2v) is 5.28. The van der Waals surface area contributed by atoms with Crippen LogP contribution in [0, 0.1) is 5.82 Å². The Morgan fingerprint density at radius 3 is 2.54 bits per heavy atom. The van der Waals surface area contributed by atoms with Crippen molar-refractivity contribution >= 4 is 11.2 Å². The highest BCUT2D eigenvalue weighted by Gasteiger charge is 2.13. The molecule has 0 N–H and O–H groups in total. The largest absolute Gasteiger partial charge is 0.293 e. The quantitative estimate of drug-likeness (QED) is 0.580. The van der Waals surface area contributed by atoms with Gasteiger partial charge in [0.05, 0.1) is 12.2 Å². The molecule has 0 saturated heterocycles. The van der Waals surface area contributed by atoms with Gasteiger partial charge in [-0.15, -0.1) is 5.10 Å². The van der Waals surface area contributed by atoms with Crippen molar-refractivity contribution in [2.75, 3.05) is 0 Å². The first-order valence-corrected chi connectivity index (χ1v) is 7.34. The van der Waals surface area contributed by atoms with E-state index in [2.05, 4.69) is 15.3 Å². The predicted octanol–water partition coefficient (Wildman–Crippen LogP) is 2.16. The fraction of sp³-hybridized carbons (Fsp3) is 0.0588. The zero-order valence-corrected chi connectivity index (χ0v) is 12.5. The second kappa shape index (κ2) is 5.69. The van der Waals surface area contributed by atoms with Crippen molar-refractivity contribution in [3.63, 3.8) is 0 Å². The SMILES string of the molecule is O=c1c2nnn(-c3ccccc3)c2ncn1Cc1ccccc1F. The molecule has 0 radical (unpaired) electrons. The molecular formula is C17H12FN5O. The minimum atomic E-state index is -0.363. The van der Waals surface area contributed by atoms with Gasteiger partial charge in [0.2, 0.25) is 0 Å². The number of hydrogen-bond acceptors (Lipinski definition) is 4. The molecule has 2 heterocycles. The molecule has 0 amide bonds. The summed E-state index contributed by atoms with van der Waals surface area (Å²) in [7, 11) is 0. The van der Waals surface area contributed by atoms with Crippen LogP contribution in [0.15, 0.2) is 65.7 Å². The summed E-state index contributed by atoms with van der Waals surface area (Å²) in [5, 5.41) is 7.95. The van der Waals surface area contributed by atoms with Crippen LogP contribution in [0.5, 0.6) is 0 Å². The summed E-state index contributed by atoms with van der Waals surface area (Å²) >= 11 is 0. The van der Waals surface area contributed by atoms with Crippen molar-refractivity contribution in [2.45, 2.75) is 6.54 Å². The summed E-state index contributed by atoms with van der Waals surface area (Å²) in [6, 6.07) is 15.6. The van der Waals surface area contributed by atoms with Gasteiger partial charge in [-0.2, -0.15) is 4.68 Å². The highest BCUT2D eigenvalue weighted by molar-refractivity contribution is 5.70. The van der Waals surface area contributed by atoms with E-state index in [4.69, 9.17) is 0 Å². The van der Waals surface area contributed by atoms with Crippen LogP contribution in [0.2, 0.25) is 0 Å². The highest BCUT2D eigenvalue weighted by atomic mass is 19.1. The molecule has 4 rings (SSSR count). The Balaban J connectivity index is 1.80. The van der Waals surface area contributed by atoms with E-state index in [1.54, 1.807) is 18.2 Å². The molecule has 24 heavy (non-hydrogen) atoms. The summed E-state index contributed by atoms with van der Waals surface area (Å²) in [6.45, 7) is 0.0899. The average molecular weight is 321 g/mol. The third kappa shape index (κ3) is 2.36. The fourth-order valence-corrected chi connectivity index (χ4v) is 2.51. The Bertz CT molecular complexity index is 1070. The van der Waals surface area contributed by atoms with E-state index >= 15 is 0 Å². The summed E-state index contributed by atoms with van der Waals surface area (Å²) in [6.07, 6.45) is 1.39. The molecule has 118 valence electrons. The molecule has 0 unspecified atom stereocenters. The van der Waals surface area contributed by atoms with E-state index in [9.17, 15) is 9.18 Å². The lowest BCUT2D eigenvalue weighted by Crippen LogP contribution is -2.22. The van der Waals surface area contributed by atoms with E-state index in [-0.39, 0.29) is 23.4 Å². The topological polar surface area (TPSA) is 65.6 Å². The molecule has 2 aromatic carbocycles. The first kappa shape index (κ1) is 14.3. The molecule has 6 nitrogen and oxygen atoms in total. The molecule has 0 atom stereocenters. The van der Waals surface area contributed by atoms with E-state index in [1.807, 2.05) is 30.3 Å². The van der Waals surface area contributed by atoms with Gasteiger partial charge in [0, 0.05) is 5.56 Å². The zero-order valence-electron chi connectivity index (χ0n) is 12.5. The van der Waals surface area contributed by atoms with E-state index in [0.717, 1.165) is 5.69 Å². The number of halogens is 1. The van der Waals surface area contributed by atoms with Crippen LogP contribution in [0.3, 0.4) is 0 Å². The molecular weight excluding hydrogens is 309 g/mol. The minimum Gasteiger partial charge on any atom is -0.293 e. The fourth-order valence-electron chi connectivity index (χ4n) is 2.51. The van der Waals surface area contributed by atoms with Gasteiger partial charge in [-0.05, 0) is 18.2 Å². The van der Waals surface area contributed by atoms with Crippen molar-refractivity contribution < 1.29 is 4.39 Å². The maximum Gasteiger partial charge on any atom is 0.283 e. The van der Waals surface area contributed by atoms with Crippen LogP contribution >= 0.6 is 0 Å². The standard InChI is InChI=1S/C17H12FN5O/c18-14-9-5-4-6-12(14)10-22-11-19-16-15(17(22)24)20-21-23(16)13-7-2-1-3-8-13/h1-9,11H,10H2. The van der Waals surface area contributed by atoms with Gasteiger partial charge >= 0.3 is 0 Å². The molecule has 0 aliphatic heterocycles. The molecule has 2 aromatic heterocycles.